The number of aromatic nitrogens is 2. The number of nitrogens with one attached hydrogen (secondary N) is 4. The number of carbonyl (C=O) groups is 4. The van der Waals surface area contributed by atoms with Crippen LogP contribution in [0.2, 0.25) is 0 Å². The van der Waals surface area contributed by atoms with Gasteiger partial charge in [0.05, 0.1) is 24.6 Å². The Labute approximate surface area is 196 Å². The number of aliphatic hydroxyl groups excluding tert-OH is 2. The van der Waals surface area contributed by atoms with Crippen LogP contribution in [0.15, 0.2) is 12.5 Å². The van der Waals surface area contributed by atoms with Gasteiger partial charge in [-0.25, -0.2) is 9.78 Å². The predicted molar refractivity (Wildman–Crippen MR) is 120 cm³/mol. The van der Waals surface area contributed by atoms with Gasteiger partial charge in [-0.3, -0.25) is 14.4 Å². The topological polar surface area (TPSA) is 246 Å². The van der Waals surface area contributed by atoms with Crippen molar-refractivity contribution in [2.45, 2.75) is 75.9 Å². The molecule has 0 aromatic carbocycles. The first-order chi connectivity index (χ1) is 16.0. The summed E-state index contributed by atoms with van der Waals surface area (Å²) in [7, 11) is 0. The molecular weight excluding hydrogens is 450 g/mol. The first kappa shape index (κ1) is 29.0. The van der Waals surface area contributed by atoms with Gasteiger partial charge in [-0.2, -0.15) is 0 Å². The number of unbranched alkanes of at least 4 members (excludes halogenated alkanes) is 1. The van der Waals surface area contributed by atoms with Crippen LogP contribution in [0.25, 0.3) is 0 Å². The molecule has 0 saturated heterocycles. The highest BCUT2D eigenvalue weighted by Crippen LogP contribution is 2.05. The van der Waals surface area contributed by atoms with Crippen molar-refractivity contribution >= 4 is 23.7 Å². The number of rotatable bonds is 15. The molecule has 0 bridgehead atoms. The summed E-state index contributed by atoms with van der Waals surface area (Å²) in [5.74, 6) is -3.91. The van der Waals surface area contributed by atoms with Crippen molar-refractivity contribution in [3.63, 3.8) is 0 Å². The van der Waals surface area contributed by atoms with Crippen molar-refractivity contribution in [2.75, 3.05) is 6.54 Å². The van der Waals surface area contributed by atoms with Crippen LogP contribution in [0, 0.1) is 0 Å². The Kier molecular flexibility index (Phi) is 12.1. The summed E-state index contributed by atoms with van der Waals surface area (Å²) in [5.41, 5.74) is 11.7. The first-order valence-corrected chi connectivity index (χ1v) is 10.9. The Bertz CT molecular complexity index is 801. The second-order valence-corrected chi connectivity index (χ2v) is 8.03. The zero-order valence-electron chi connectivity index (χ0n) is 19.2. The quantitative estimate of drug-likeness (QED) is 0.112. The molecule has 1 heterocycles. The number of H-pyrrole nitrogens is 1. The molecule has 1 rings (SSSR count). The van der Waals surface area contributed by atoms with Crippen molar-refractivity contribution in [1.29, 1.82) is 0 Å². The molecule has 0 aliphatic rings. The maximum absolute atomic E-state index is 12.9. The van der Waals surface area contributed by atoms with Gasteiger partial charge in [0.15, 0.2) is 6.04 Å². The molecule has 0 saturated carbocycles. The number of nitrogens with two attached hydrogens (primary N) is 2. The number of amides is 3. The van der Waals surface area contributed by atoms with Crippen molar-refractivity contribution in [2.24, 2.45) is 11.5 Å². The summed E-state index contributed by atoms with van der Waals surface area (Å²) in [4.78, 5) is 56.0. The molecule has 34 heavy (non-hydrogen) atoms. The molecule has 1 aromatic heterocycles. The minimum atomic E-state index is -1.62. The Balaban J connectivity index is 2.97. The molecule has 0 aliphatic heterocycles. The largest absolute Gasteiger partial charge is 0.480 e. The fraction of sp³-hybridized carbons (Fsp3) is 0.650. The summed E-state index contributed by atoms with van der Waals surface area (Å²) in [6, 6.07) is -5.29. The van der Waals surface area contributed by atoms with Crippen molar-refractivity contribution in [3.05, 3.63) is 18.2 Å². The molecule has 6 unspecified atom stereocenters. The number of nitrogens with zero attached hydrogens (tertiary/aromatic N) is 1. The fourth-order valence-corrected chi connectivity index (χ4v) is 3.03. The van der Waals surface area contributed by atoms with Gasteiger partial charge in [-0.05, 0) is 33.2 Å². The van der Waals surface area contributed by atoms with E-state index in [1.165, 1.54) is 26.4 Å². The summed E-state index contributed by atoms with van der Waals surface area (Å²) in [6.45, 7) is 2.92. The zero-order valence-corrected chi connectivity index (χ0v) is 19.2. The fourth-order valence-electron chi connectivity index (χ4n) is 3.03. The molecule has 14 heteroatoms. The summed E-state index contributed by atoms with van der Waals surface area (Å²) >= 11 is 0. The molecular formula is C20H35N7O7. The normalized spacial score (nSPS) is 16.4. The molecule has 11 N–H and O–H groups in total. The number of aliphatic carboxylic acids is 1. The summed E-state index contributed by atoms with van der Waals surface area (Å²) < 4.78 is 0. The van der Waals surface area contributed by atoms with Gasteiger partial charge in [-0.1, -0.05) is 6.42 Å². The number of aliphatic hydroxyl groups is 2. The molecule has 0 aliphatic carbocycles. The van der Waals surface area contributed by atoms with Crippen LogP contribution in [0.3, 0.4) is 0 Å². The van der Waals surface area contributed by atoms with E-state index in [0.717, 1.165) is 0 Å². The Morgan fingerprint density at radius 1 is 1.00 bits per heavy atom. The van der Waals surface area contributed by atoms with Crippen LogP contribution in [-0.2, 0) is 25.6 Å². The Morgan fingerprint density at radius 3 is 2.12 bits per heavy atom. The van der Waals surface area contributed by atoms with Gasteiger partial charge < -0.3 is 47.7 Å². The molecule has 0 fully saturated rings. The lowest BCUT2D eigenvalue weighted by Crippen LogP contribution is -2.60. The number of aromatic amines is 1. The number of hydrogen-bond donors (Lipinski definition) is 9. The highest BCUT2D eigenvalue weighted by molar-refractivity contribution is 5.94. The van der Waals surface area contributed by atoms with Crippen LogP contribution in [0.5, 0.6) is 0 Å². The maximum Gasteiger partial charge on any atom is 0.328 e. The van der Waals surface area contributed by atoms with Crippen LogP contribution < -0.4 is 27.4 Å². The lowest BCUT2D eigenvalue weighted by molar-refractivity contribution is -0.145. The van der Waals surface area contributed by atoms with E-state index in [1.54, 1.807) is 0 Å². The van der Waals surface area contributed by atoms with Crippen molar-refractivity contribution < 1.29 is 34.5 Å². The average Bonchev–Trinajstić information content (AvgIpc) is 3.27. The molecule has 6 atom stereocenters. The van der Waals surface area contributed by atoms with Gasteiger partial charge in [0.2, 0.25) is 17.7 Å². The van der Waals surface area contributed by atoms with Gasteiger partial charge >= 0.3 is 5.97 Å². The van der Waals surface area contributed by atoms with E-state index in [1.807, 2.05) is 0 Å². The number of imidazole rings is 1. The highest BCUT2D eigenvalue weighted by Gasteiger charge is 2.33. The van der Waals surface area contributed by atoms with Gasteiger partial charge in [-0.15, -0.1) is 0 Å². The second-order valence-electron chi connectivity index (χ2n) is 8.03. The number of hydrogen-bond acceptors (Lipinski definition) is 9. The van der Waals surface area contributed by atoms with Crippen LogP contribution in [0.4, 0.5) is 0 Å². The lowest BCUT2D eigenvalue weighted by atomic mass is 10.1. The van der Waals surface area contributed by atoms with E-state index in [2.05, 4.69) is 25.9 Å². The summed E-state index contributed by atoms with van der Waals surface area (Å²) in [6.07, 6.45) is 1.53. The van der Waals surface area contributed by atoms with Crippen LogP contribution in [-0.4, -0.2) is 91.9 Å². The number of carbonyl (C=O) groups excluding carboxylic acids is 3. The van der Waals surface area contributed by atoms with E-state index in [-0.39, 0.29) is 6.42 Å². The van der Waals surface area contributed by atoms with Crippen LogP contribution >= 0.6 is 0 Å². The third kappa shape index (κ3) is 9.43. The van der Waals surface area contributed by atoms with Crippen molar-refractivity contribution in [3.8, 4) is 0 Å². The van der Waals surface area contributed by atoms with E-state index in [4.69, 9.17) is 11.5 Å². The minimum Gasteiger partial charge on any atom is -0.480 e. The molecule has 1 aromatic rings. The smallest absolute Gasteiger partial charge is 0.328 e. The zero-order chi connectivity index (χ0) is 25.8. The minimum absolute atomic E-state index is 0.108. The predicted octanol–water partition coefficient (Wildman–Crippen LogP) is -3.29. The first-order valence-electron chi connectivity index (χ1n) is 10.9. The molecule has 0 spiro atoms. The molecule has 14 nitrogen and oxygen atoms in total. The molecule has 192 valence electrons. The standard InChI is InChI=1S/C20H35N7O7/c1-10(28)15(26-17(30)13(22)5-3-4-6-21)19(32)25-14(7-12-8-23-9-24-12)18(31)27-16(11(2)29)20(33)34/h8-11,13-16,28-29H,3-7,21-22H2,1-2H3,(H,23,24)(H,25,32)(H,26,30)(H,27,31)(H,33,34). The van der Waals surface area contributed by atoms with E-state index in [0.29, 0.717) is 31.5 Å². The lowest BCUT2D eigenvalue weighted by Gasteiger charge is -2.26. The number of carboxylic acid groups (broad SMARTS) is 1. The Hall–Kier alpha value is -3.07. The second kappa shape index (κ2) is 14.2. The van der Waals surface area contributed by atoms with Gasteiger partial charge in [0.1, 0.15) is 12.1 Å². The SMILES string of the molecule is CC(O)C(NC(=O)C(Cc1cnc[nH]1)NC(=O)C(NC(=O)C(N)CCCCN)C(C)O)C(=O)O. The average molecular weight is 486 g/mol. The van der Waals surface area contributed by atoms with E-state index in [9.17, 15) is 34.5 Å². The number of carboxylic acids is 1. The van der Waals surface area contributed by atoms with Gasteiger partial charge in [0, 0.05) is 18.3 Å². The van der Waals surface area contributed by atoms with Crippen molar-refractivity contribution in [1.82, 2.24) is 25.9 Å². The third-order valence-corrected chi connectivity index (χ3v) is 5.03. The van der Waals surface area contributed by atoms with E-state index < -0.39 is 60.1 Å². The van der Waals surface area contributed by atoms with E-state index >= 15 is 0 Å². The highest BCUT2D eigenvalue weighted by atomic mass is 16.4. The summed E-state index contributed by atoms with van der Waals surface area (Å²) in [5, 5.41) is 35.9. The molecule has 0 radical (unpaired) electrons. The Morgan fingerprint density at radius 2 is 1.62 bits per heavy atom. The monoisotopic (exact) mass is 485 g/mol. The maximum atomic E-state index is 12.9. The van der Waals surface area contributed by atoms with Crippen LogP contribution in [0.1, 0.15) is 38.8 Å². The molecule has 3 amide bonds. The van der Waals surface area contributed by atoms with Gasteiger partial charge in [0.25, 0.3) is 0 Å². The third-order valence-electron chi connectivity index (χ3n) is 5.03.